The summed E-state index contributed by atoms with van der Waals surface area (Å²) in [7, 11) is 1.60. The predicted molar refractivity (Wildman–Crippen MR) is 99.5 cm³/mol. The van der Waals surface area contributed by atoms with Gasteiger partial charge in [-0.2, -0.15) is 0 Å². The van der Waals surface area contributed by atoms with Gasteiger partial charge in [-0.1, -0.05) is 13.8 Å². The smallest absolute Gasteiger partial charge is 0.326 e. The molecule has 1 saturated carbocycles. The highest BCUT2D eigenvalue weighted by atomic mass is 16.6. The topological polar surface area (TPSA) is 64.6 Å². The van der Waals surface area contributed by atoms with E-state index in [9.17, 15) is 9.59 Å². The first-order valence-electron chi connectivity index (χ1n) is 9.51. The summed E-state index contributed by atoms with van der Waals surface area (Å²) >= 11 is 0. The first-order chi connectivity index (χ1) is 11.4. The third-order valence-corrected chi connectivity index (χ3v) is 5.53. The number of rotatable bonds is 8. The zero-order chi connectivity index (χ0) is 19.5. The first kappa shape index (κ1) is 22.1. The van der Waals surface area contributed by atoms with Gasteiger partial charge in [-0.3, -0.25) is 14.9 Å². The van der Waals surface area contributed by atoms with Gasteiger partial charge in [-0.25, -0.2) is 0 Å². The second-order valence-electron chi connectivity index (χ2n) is 8.69. The highest BCUT2D eigenvalue weighted by Crippen LogP contribution is 2.33. The summed E-state index contributed by atoms with van der Waals surface area (Å²) in [6.45, 7) is 13.3. The monoisotopic (exact) mass is 355 g/mol. The van der Waals surface area contributed by atoms with E-state index in [1.165, 1.54) is 0 Å². The SMILES string of the molecule is CCC(C)(N[C@H]1CC[C@H](C(=O)C(C)(CC)OC)C1)C(=O)OC(C)(C)C. The van der Waals surface area contributed by atoms with Crippen molar-refractivity contribution in [2.24, 2.45) is 5.92 Å². The van der Waals surface area contributed by atoms with Crippen molar-refractivity contribution in [3.05, 3.63) is 0 Å². The summed E-state index contributed by atoms with van der Waals surface area (Å²) < 4.78 is 11.0. The molecule has 0 aliphatic heterocycles. The third kappa shape index (κ3) is 5.52. The normalized spacial score (nSPS) is 25.9. The van der Waals surface area contributed by atoms with Crippen LogP contribution < -0.4 is 5.32 Å². The molecule has 0 spiro atoms. The summed E-state index contributed by atoms with van der Waals surface area (Å²) in [6.07, 6.45) is 3.78. The molecule has 0 heterocycles. The van der Waals surface area contributed by atoms with E-state index in [0.29, 0.717) is 12.8 Å². The number of esters is 1. The summed E-state index contributed by atoms with van der Waals surface area (Å²) in [4.78, 5) is 25.4. The number of hydrogen-bond donors (Lipinski definition) is 1. The lowest BCUT2D eigenvalue weighted by Gasteiger charge is -2.34. The van der Waals surface area contributed by atoms with Gasteiger partial charge in [-0.15, -0.1) is 0 Å². The van der Waals surface area contributed by atoms with Crippen LogP contribution in [0, 0.1) is 5.92 Å². The maximum absolute atomic E-state index is 12.8. The number of ketones is 1. The van der Waals surface area contributed by atoms with E-state index in [-0.39, 0.29) is 23.7 Å². The van der Waals surface area contributed by atoms with Crippen LogP contribution in [0.25, 0.3) is 0 Å². The van der Waals surface area contributed by atoms with E-state index in [0.717, 1.165) is 19.3 Å². The van der Waals surface area contributed by atoms with Gasteiger partial charge in [0.25, 0.3) is 0 Å². The van der Waals surface area contributed by atoms with Crippen LogP contribution in [-0.2, 0) is 19.1 Å². The molecule has 1 rings (SSSR count). The first-order valence-corrected chi connectivity index (χ1v) is 9.51. The second kappa shape index (κ2) is 8.17. The molecule has 0 aromatic heterocycles. The quantitative estimate of drug-likeness (QED) is 0.674. The molecular weight excluding hydrogens is 318 g/mol. The van der Waals surface area contributed by atoms with Crippen molar-refractivity contribution in [2.45, 2.75) is 103 Å². The fourth-order valence-corrected chi connectivity index (χ4v) is 3.35. The summed E-state index contributed by atoms with van der Waals surface area (Å²) in [5.41, 5.74) is -1.95. The Morgan fingerprint density at radius 2 is 1.64 bits per heavy atom. The van der Waals surface area contributed by atoms with Crippen LogP contribution in [0.5, 0.6) is 0 Å². The van der Waals surface area contributed by atoms with Crippen LogP contribution in [0.15, 0.2) is 0 Å². The zero-order valence-corrected chi connectivity index (χ0v) is 17.3. The number of carbonyl (C=O) groups is 2. The Morgan fingerprint density at radius 1 is 1.04 bits per heavy atom. The Bertz CT molecular complexity index is 479. The van der Waals surface area contributed by atoms with Gasteiger partial charge >= 0.3 is 5.97 Å². The van der Waals surface area contributed by atoms with Crippen molar-refractivity contribution >= 4 is 11.8 Å². The molecule has 2 unspecified atom stereocenters. The van der Waals surface area contributed by atoms with Gasteiger partial charge in [0.1, 0.15) is 16.7 Å². The fraction of sp³-hybridized carbons (Fsp3) is 0.900. The Labute approximate surface area is 153 Å². The highest BCUT2D eigenvalue weighted by Gasteiger charge is 2.43. The Morgan fingerprint density at radius 3 is 2.08 bits per heavy atom. The van der Waals surface area contributed by atoms with Crippen molar-refractivity contribution in [3.8, 4) is 0 Å². The van der Waals surface area contributed by atoms with Crippen molar-refractivity contribution in [1.82, 2.24) is 5.32 Å². The van der Waals surface area contributed by atoms with Gasteiger partial charge in [0.15, 0.2) is 5.78 Å². The largest absolute Gasteiger partial charge is 0.459 e. The van der Waals surface area contributed by atoms with Crippen LogP contribution in [0.4, 0.5) is 0 Å². The van der Waals surface area contributed by atoms with Gasteiger partial charge in [0.2, 0.25) is 0 Å². The van der Waals surface area contributed by atoms with Gasteiger partial charge in [-0.05, 0) is 66.7 Å². The molecule has 1 aliphatic rings. The minimum atomic E-state index is -0.731. The molecule has 0 aromatic carbocycles. The third-order valence-electron chi connectivity index (χ3n) is 5.53. The predicted octanol–water partition coefficient (Wildman–Crippen LogP) is 3.64. The maximum Gasteiger partial charge on any atom is 0.326 e. The standard InChI is InChI=1S/C20H37NO4/c1-9-19(6,17(23)25-18(3,4)5)21-15-12-11-14(13-15)16(22)20(7,10-2)24-8/h14-15,21H,9-13H2,1-8H3/t14-,15-,19?,20?/m0/s1. The number of ether oxygens (including phenoxy) is 2. The Hall–Kier alpha value is -0.940. The van der Waals surface area contributed by atoms with Crippen LogP contribution in [0.2, 0.25) is 0 Å². The number of hydrogen-bond acceptors (Lipinski definition) is 5. The molecule has 0 amide bonds. The van der Waals surface area contributed by atoms with Gasteiger partial charge in [0, 0.05) is 19.1 Å². The van der Waals surface area contributed by atoms with Crippen LogP contribution in [0.3, 0.4) is 0 Å². The van der Waals surface area contributed by atoms with Crippen LogP contribution in [0.1, 0.15) is 80.6 Å². The highest BCUT2D eigenvalue weighted by molar-refractivity contribution is 5.89. The summed E-state index contributed by atoms with van der Waals surface area (Å²) in [5, 5.41) is 3.47. The van der Waals surface area contributed by atoms with E-state index >= 15 is 0 Å². The number of carbonyl (C=O) groups excluding carboxylic acids is 2. The minimum absolute atomic E-state index is 0.0119. The fourth-order valence-electron chi connectivity index (χ4n) is 3.35. The number of methoxy groups -OCH3 is 1. The molecule has 0 bridgehead atoms. The average Bonchev–Trinajstić information content (AvgIpc) is 2.99. The Balaban J connectivity index is 2.75. The number of nitrogens with one attached hydrogen (secondary N) is 1. The van der Waals surface area contributed by atoms with Crippen molar-refractivity contribution in [3.63, 3.8) is 0 Å². The summed E-state index contributed by atoms with van der Waals surface area (Å²) in [5.74, 6) is -0.0630. The maximum atomic E-state index is 12.8. The minimum Gasteiger partial charge on any atom is -0.459 e. The van der Waals surface area contributed by atoms with Crippen LogP contribution in [-0.4, -0.2) is 41.6 Å². The van der Waals surface area contributed by atoms with Crippen molar-refractivity contribution in [2.75, 3.05) is 7.11 Å². The Kier molecular flexibility index (Phi) is 7.22. The second-order valence-corrected chi connectivity index (χ2v) is 8.69. The molecule has 0 aromatic rings. The molecule has 1 fully saturated rings. The lowest BCUT2D eigenvalue weighted by molar-refractivity contribution is -0.163. The zero-order valence-electron chi connectivity index (χ0n) is 17.3. The van der Waals surface area contributed by atoms with E-state index in [1.54, 1.807) is 7.11 Å². The summed E-state index contributed by atoms with van der Waals surface area (Å²) in [6, 6.07) is 0.143. The molecule has 1 N–H and O–H groups in total. The molecule has 5 nitrogen and oxygen atoms in total. The van der Waals surface area contributed by atoms with E-state index in [4.69, 9.17) is 9.47 Å². The van der Waals surface area contributed by atoms with Crippen LogP contribution >= 0.6 is 0 Å². The molecule has 5 heteroatoms. The van der Waals surface area contributed by atoms with Gasteiger partial charge in [0.05, 0.1) is 0 Å². The van der Waals surface area contributed by atoms with Crippen molar-refractivity contribution in [1.29, 1.82) is 0 Å². The molecule has 0 saturated heterocycles. The molecule has 0 radical (unpaired) electrons. The molecule has 25 heavy (non-hydrogen) atoms. The van der Waals surface area contributed by atoms with E-state index in [1.807, 2.05) is 48.5 Å². The average molecular weight is 356 g/mol. The van der Waals surface area contributed by atoms with E-state index < -0.39 is 16.7 Å². The number of Topliss-reactive ketones (excluding diaryl/α,β-unsaturated/α-hetero) is 1. The molecule has 4 atom stereocenters. The van der Waals surface area contributed by atoms with Gasteiger partial charge < -0.3 is 9.47 Å². The molecular formula is C20H37NO4. The van der Waals surface area contributed by atoms with Crippen molar-refractivity contribution < 1.29 is 19.1 Å². The lowest BCUT2D eigenvalue weighted by Crippen LogP contribution is -2.55. The molecule has 1 aliphatic carbocycles. The lowest BCUT2D eigenvalue weighted by atomic mass is 9.86. The van der Waals surface area contributed by atoms with E-state index in [2.05, 4.69) is 5.32 Å². The molecule has 146 valence electrons.